The van der Waals surface area contributed by atoms with Crippen LogP contribution in [0.25, 0.3) is 11.0 Å². The van der Waals surface area contributed by atoms with Crippen molar-refractivity contribution in [2.45, 2.75) is 19.1 Å². The van der Waals surface area contributed by atoms with Gasteiger partial charge in [0.05, 0.1) is 43.8 Å². The van der Waals surface area contributed by atoms with Crippen LogP contribution < -0.4 is 15.4 Å². The Hall–Kier alpha value is -2.12. The van der Waals surface area contributed by atoms with Crippen LogP contribution in [-0.2, 0) is 16.1 Å². The molecular weight excluding hydrogens is 284 g/mol. The number of nitrogens with zero attached hydrogens (tertiary/aromatic N) is 1. The Morgan fingerprint density at radius 1 is 1.55 bits per heavy atom. The molecule has 0 radical (unpaired) electrons. The zero-order chi connectivity index (χ0) is 15.4. The van der Waals surface area contributed by atoms with Crippen LogP contribution in [0.3, 0.4) is 0 Å². The summed E-state index contributed by atoms with van der Waals surface area (Å²) in [5.41, 5.74) is 1.74. The van der Waals surface area contributed by atoms with Gasteiger partial charge in [-0.05, 0) is 12.1 Å². The average molecular weight is 304 g/mol. The third kappa shape index (κ3) is 3.55. The molecule has 0 spiro atoms. The van der Waals surface area contributed by atoms with Crippen molar-refractivity contribution in [1.29, 1.82) is 0 Å². The molecule has 7 nitrogen and oxygen atoms in total. The molecular formula is C15H20N4O3. The molecule has 0 bridgehead atoms. The first kappa shape index (κ1) is 14.8. The fourth-order valence-corrected chi connectivity index (χ4v) is 2.46. The van der Waals surface area contributed by atoms with Crippen LogP contribution in [-0.4, -0.2) is 48.8 Å². The Labute approximate surface area is 128 Å². The highest BCUT2D eigenvalue weighted by molar-refractivity contribution is 5.78. The smallest absolute Gasteiger partial charge is 0.223 e. The minimum absolute atomic E-state index is 0.0354. The summed E-state index contributed by atoms with van der Waals surface area (Å²) < 4.78 is 10.7. The van der Waals surface area contributed by atoms with E-state index in [2.05, 4.69) is 20.6 Å². The molecule has 1 aromatic carbocycles. The number of nitrogens with one attached hydrogen (secondary N) is 3. The van der Waals surface area contributed by atoms with Gasteiger partial charge in [-0.25, -0.2) is 4.98 Å². The van der Waals surface area contributed by atoms with Crippen LogP contribution >= 0.6 is 0 Å². The number of carbonyl (C=O) groups is 1. The fourth-order valence-electron chi connectivity index (χ4n) is 2.46. The van der Waals surface area contributed by atoms with Crippen LogP contribution in [0.5, 0.6) is 5.75 Å². The monoisotopic (exact) mass is 304 g/mol. The number of ether oxygens (including phenoxy) is 2. The summed E-state index contributed by atoms with van der Waals surface area (Å²) >= 11 is 0. The predicted octanol–water partition coefficient (Wildman–Crippen LogP) is 0.566. The van der Waals surface area contributed by atoms with Crippen molar-refractivity contribution in [3.8, 4) is 5.75 Å². The number of carbonyl (C=O) groups excluding carboxylic acids is 1. The summed E-state index contributed by atoms with van der Waals surface area (Å²) in [6, 6.07) is 5.63. The van der Waals surface area contributed by atoms with E-state index in [4.69, 9.17) is 9.47 Å². The number of hydrogen-bond donors (Lipinski definition) is 3. The molecule has 118 valence electrons. The molecule has 2 aromatic rings. The van der Waals surface area contributed by atoms with Crippen LogP contribution in [0.2, 0.25) is 0 Å². The van der Waals surface area contributed by atoms with E-state index < -0.39 is 0 Å². The topological polar surface area (TPSA) is 88.3 Å². The number of fused-ring (bicyclic) bond motifs is 1. The maximum atomic E-state index is 11.9. The molecule has 0 saturated carbocycles. The second-order valence-corrected chi connectivity index (χ2v) is 5.24. The lowest BCUT2D eigenvalue weighted by atomic mass is 10.2. The molecule has 3 N–H and O–H groups in total. The van der Waals surface area contributed by atoms with Gasteiger partial charge in [0.1, 0.15) is 11.6 Å². The highest BCUT2D eigenvalue weighted by Crippen LogP contribution is 2.18. The molecule has 7 heteroatoms. The number of aromatic amines is 1. The van der Waals surface area contributed by atoms with Crippen molar-refractivity contribution < 1.29 is 14.3 Å². The van der Waals surface area contributed by atoms with Crippen molar-refractivity contribution in [2.75, 3.05) is 26.8 Å². The van der Waals surface area contributed by atoms with Crippen LogP contribution in [0.1, 0.15) is 12.2 Å². The number of rotatable bonds is 5. The summed E-state index contributed by atoms with van der Waals surface area (Å²) in [6.07, 6.45) is 0.315. The minimum Gasteiger partial charge on any atom is -0.497 e. The van der Waals surface area contributed by atoms with E-state index in [1.165, 1.54) is 0 Å². The molecule has 1 aliphatic rings. The molecule has 1 aromatic heterocycles. The SMILES string of the molecule is COc1ccc2nc(CNC(=O)CC3CNCCO3)[nH]c2c1. The molecule has 1 saturated heterocycles. The number of aromatic nitrogens is 2. The molecule has 3 rings (SSSR count). The summed E-state index contributed by atoms with van der Waals surface area (Å²) in [4.78, 5) is 19.5. The second kappa shape index (κ2) is 6.76. The van der Waals surface area contributed by atoms with E-state index in [1.54, 1.807) is 7.11 Å². The van der Waals surface area contributed by atoms with Crippen molar-refractivity contribution in [2.24, 2.45) is 0 Å². The number of morpholine rings is 1. The first-order valence-electron chi connectivity index (χ1n) is 7.36. The van der Waals surface area contributed by atoms with Gasteiger partial charge in [-0.15, -0.1) is 0 Å². The Bertz CT molecular complexity index is 649. The van der Waals surface area contributed by atoms with Gasteiger partial charge in [-0.3, -0.25) is 4.79 Å². The molecule has 1 unspecified atom stereocenters. The van der Waals surface area contributed by atoms with Gasteiger partial charge in [0.25, 0.3) is 0 Å². The maximum absolute atomic E-state index is 11.9. The molecule has 1 fully saturated rings. The fraction of sp³-hybridized carbons (Fsp3) is 0.467. The Balaban J connectivity index is 1.55. The molecule has 0 aliphatic carbocycles. The number of benzene rings is 1. The largest absolute Gasteiger partial charge is 0.497 e. The van der Waals surface area contributed by atoms with Crippen LogP contribution in [0.15, 0.2) is 18.2 Å². The zero-order valence-corrected chi connectivity index (χ0v) is 12.5. The molecule has 1 aliphatic heterocycles. The van der Waals surface area contributed by atoms with Crippen molar-refractivity contribution >= 4 is 16.9 Å². The normalized spacial score (nSPS) is 18.3. The minimum atomic E-state index is -0.0475. The second-order valence-electron chi connectivity index (χ2n) is 5.24. The maximum Gasteiger partial charge on any atom is 0.223 e. The number of hydrogen-bond acceptors (Lipinski definition) is 5. The third-order valence-electron chi connectivity index (χ3n) is 3.61. The van der Waals surface area contributed by atoms with E-state index in [1.807, 2.05) is 18.2 Å². The Morgan fingerprint density at radius 3 is 3.23 bits per heavy atom. The summed E-state index contributed by atoms with van der Waals surface area (Å²) in [5, 5.41) is 6.07. The van der Waals surface area contributed by atoms with Gasteiger partial charge >= 0.3 is 0 Å². The predicted molar refractivity (Wildman–Crippen MR) is 81.7 cm³/mol. The van der Waals surface area contributed by atoms with Crippen molar-refractivity contribution in [1.82, 2.24) is 20.6 Å². The van der Waals surface area contributed by atoms with Crippen molar-refractivity contribution in [3.05, 3.63) is 24.0 Å². The summed E-state index contributed by atoms with van der Waals surface area (Å²) in [7, 11) is 1.63. The van der Waals surface area contributed by atoms with Crippen molar-refractivity contribution in [3.63, 3.8) is 0 Å². The molecule has 1 amide bonds. The van der Waals surface area contributed by atoms with E-state index >= 15 is 0 Å². The van der Waals surface area contributed by atoms with Gasteiger partial charge in [0.2, 0.25) is 5.91 Å². The average Bonchev–Trinajstić information content (AvgIpc) is 2.95. The summed E-state index contributed by atoms with van der Waals surface area (Å²) in [5.74, 6) is 1.46. The summed E-state index contributed by atoms with van der Waals surface area (Å²) in [6.45, 7) is 2.59. The van der Waals surface area contributed by atoms with E-state index in [0.29, 0.717) is 19.6 Å². The van der Waals surface area contributed by atoms with E-state index in [0.717, 1.165) is 35.7 Å². The highest BCUT2D eigenvalue weighted by Gasteiger charge is 2.17. The Morgan fingerprint density at radius 2 is 2.45 bits per heavy atom. The quantitative estimate of drug-likeness (QED) is 0.751. The lowest BCUT2D eigenvalue weighted by Gasteiger charge is -2.22. The first-order valence-corrected chi connectivity index (χ1v) is 7.36. The van der Waals surface area contributed by atoms with Crippen LogP contribution in [0.4, 0.5) is 0 Å². The van der Waals surface area contributed by atoms with Gasteiger partial charge in [0.15, 0.2) is 0 Å². The first-order chi connectivity index (χ1) is 10.7. The zero-order valence-electron chi connectivity index (χ0n) is 12.5. The number of methoxy groups -OCH3 is 1. The molecule has 1 atom stereocenters. The number of amides is 1. The third-order valence-corrected chi connectivity index (χ3v) is 3.61. The molecule has 22 heavy (non-hydrogen) atoms. The Kier molecular flexibility index (Phi) is 4.55. The number of H-pyrrole nitrogens is 1. The lowest BCUT2D eigenvalue weighted by Crippen LogP contribution is -2.41. The lowest BCUT2D eigenvalue weighted by molar-refractivity contribution is -0.124. The standard InChI is InChI=1S/C15H20N4O3/c1-21-10-2-3-12-13(6-10)19-14(18-12)9-17-15(20)7-11-8-16-4-5-22-11/h2-3,6,11,16H,4-5,7-9H2,1H3,(H,17,20)(H,18,19). The van der Waals surface area contributed by atoms with Crippen LogP contribution in [0, 0.1) is 0 Å². The van der Waals surface area contributed by atoms with Gasteiger partial charge < -0.3 is 25.1 Å². The van der Waals surface area contributed by atoms with Gasteiger partial charge in [0, 0.05) is 19.2 Å². The number of imidazole rings is 1. The van der Waals surface area contributed by atoms with E-state index in [-0.39, 0.29) is 12.0 Å². The van der Waals surface area contributed by atoms with E-state index in [9.17, 15) is 4.79 Å². The highest BCUT2D eigenvalue weighted by atomic mass is 16.5. The van der Waals surface area contributed by atoms with Gasteiger partial charge in [-0.2, -0.15) is 0 Å². The van der Waals surface area contributed by atoms with Gasteiger partial charge in [-0.1, -0.05) is 0 Å². The molecule has 2 heterocycles.